The summed E-state index contributed by atoms with van der Waals surface area (Å²) in [7, 11) is 3.08. The van der Waals surface area contributed by atoms with Crippen LogP contribution in [0.25, 0.3) is 11.1 Å². The SMILES string of the molecule is COC(=O)C1CCC(C(=O)N(CC2CCC(c3ccc(OC)c(Cl)c3)CC2)c2cccc(-c3cnn(C4CC4)c3)c2)CC1. The quantitative estimate of drug-likeness (QED) is 0.233. The van der Waals surface area contributed by atoms with Crippen LogP contribution in [0.1, 0.15) is 81.7 Å². The molecule has 1 aromatic heterocycles. The van der Waals surface area contributed by atoms with Gasteiger partial charge in [0.15, 0.2) is 0 Å². The molecule has 0 bridgehead atoms. The molecule has 228 valence electrons. The predicted molar refractivity (Wildman–Crippen MR) is 168 cm³/mol. The van der Waals surface area contributed by atoms with Gasteiger partial charge in [0.1, 0.15) is 5.75 Å². The first-order chi connectivity index (χ1) is 20.9. The van der Waals surface area contributed by atoms with Crippen LogP contribution in [0.3, 0.4) is 0 Å². The summed E-state index contributed by atoms with van der Waals surface area (Å²) in [6.07, 6.45) is 13.5. The number of halogens is 1. The number of rotatable bonds is 9. The van der Waals surface area contributed by atoms with E-state index < -0.39 is 0 Å². The molecule has 43 heavy (non-hydrogen) atoms. The van der Waals surface area contributed by atoms with E-state index in [4.69, 9.17) is 21.1 Å². The van der Waals surface area contributed by atoms with Gasteiger partial charge in [-0.1, -0.05) is 29.8 Å². The van der Waals surface area contributed by atoms with Gasteiger partial charge in [-0.05, 0) is 111 Å². The molecule has 3 aliphatic carbocycles. The number of hydrogen-bond donors (Lipinski definition) is 0. The van der Waals surface area contributed by atoms with Crippen molar-refractivity contribution in [3.05, 3.63) is 65.4 Å². The molecule has 3 aromatic rings. The molecule has 7 nitrogen and oxygen atoms in total. The van der Waals surface area contributed by atoms with Crippen LogP contribution in [-0.4, -0.2) is 42.4 Å². The van der Waals surface area contributed by atoms with Crippen molar-refractivity contribution in [1.29, 1.82) is 0 Å². The monoisotopic (exact) mass is 603 g/mol. The Hall–Kier alpha value is -3.32. The Kier molecular flexibility index (Phi) is 9.08. The van der Waals surface area contributed by atoms with E-state index >= 15 is 0 Å². The van der Waals surface area contributed by atoms with Gasteiger partial charge < -0.3 is 14.4 Å². The number of esters is 1. The zero-order chi connectivity index (χ0) is 29.9. The standard InChI is InChI=1S/C35H42ClN3O4/c1-42-33-17-14-28(19-32(33)36)24-8-6-23(7-9-24)21-38(34(40)25-10-12-26(13-11-25)35(41)43-2)31-5-3-4-27(18-31)29-20-37-39(22-29)30-15-16-30/h3-5,14,17-20,22-26,30H,6-13,15-16,21H2,1-2H3. The molecule has 6 rings (SSSR count). The largest absolute Gasteiger partial charge is 0.495 e. The van der Waals surface area contributed by atoms with E-state index in [1.807, 2.05) is 23.2 Å². The highest BCUT2D eigenvalue weighted by atomic mass is 35.5. The second-order valence-electron chi connectivity index (χ2n) is 12.6. The number of nitrogens with zero attached hydrogens (tertiary/aromatic N) is 3. The molecule has 0 N–H and O–H groups in total. The fourth-order valence-corrected chi connectivity index (χ4v) is 7.30. The Morgan fingerprint density at radius 3 is 2.33 bits per heavy atom. The molecule has 3 fully saturated rings. The molecule has 1 heterocycles. The van der Waals surface area contributed by atoms with Gasteiger partial charge in [-0.25, -0.2) is 0 Å². The van der Waals surface area contributed by atoms with E-state index in [0.29, 0.717) is 60.9 Å². The van der Waals surface area contributed by atoms with Crippen molar-refractivity contribution in [2.75, 3.05) is 25.7 Å². The Labute approximate surface area is 259 Å². The van der Waals surface area contributed by atoms with Crippen LogP contribution in [0.5, 0.6) is 5.75 Å². The molecule has 0 aliphatic heterocycles. The highest BCUT2D eigenvalue weighted by Gasteiger charge is 2.35. The summed E-state index contributed by atoms with van der Waals surface area (Å²) in [5.41, 5.74) is 4.37. The normalized spacial score (nSPS) is 23.9. The summed E-state index contributed by atoms with van der Waals surface area (Å²) in [6, 6.07) is 15.0. The first kappa shape index (κ1) is 29.7. The van der Waals surface area contributed by atoms with E-state index in [2.05, 4.69) is 46.3 Å². The molecule has 0 unspecified atom stereocenters. The maximum absolute atomic E-state index is 14.2. The molecule has 0 spiro atoms. The Bertz CT molecular complexity index is 1430. The summed E-state index contributed by atoms with van der Waals surface area (Å²) in [5.74, 6) is 1.42. The summed E-state index contributed by atoms with van der Waals surface area (Å²) in [4.78, 5) is 28.4. The number of amides is 1. The third kappa shape index (κ3) is 6.77. The lowest BCUT2D eigenvalue weighted by Crippen LogP contribution is -2.42. The topological polar surface area (TPSA) is 73.7 Å². The Morgan fingerprint density at radius 2 is 1.65 bits per heavy atom. The number of methoxy groups -OCH3 is 2. The van der Waals surface area contributed by atoms with Gasteiger partial charge in [0.05, 0.1) is 37.4 Å². The number of carbonyl (C=O) groups is 2. The van der Waals surface area contributed by atoms with Crippen LogP contribution in [0.2, 0.25) is 5.02 Å². The zero-order valence-electron chi connectivity index (χ0n) is 25.2. The maximum Gasteiger partial charge on any atom is 0.308 e. The highest BCUT2D eigenvalue weighted by Crippen LogP contribution is 2.40. The second kappa shape index (κ2) is 13.1. The van der Waals surface area contributed by atoms with Crippen molar-refractivity contribution in [3.8, 4) is 16.9 Å². The molecule has 3 aliphatic rings. The third-order valence-electron chi connectivity index (χ3n) is 9.83. The molecular formula is C35H42ClN3O4. The van der Waals surface area contributed by atoms with Gasteiger partial charge in [-0.15, -0.1) is 0 Å². The number of benzene rings is 2. The number of carbonyl (C=O) groups excluding carboxylic acids is 2. The average molecular weight is 604 g/mol. The molecule has 0 radical (unpaired) electrons. The van der Waals surface area contributed by atoms with Crippen molar-refractivity contribution >= 4 is 29.2 Å². The second-order valence-corrected chi connectivity index (χ2v) is 13.0. The van der Waals surface area contributed by atoms with E-state index in [9.17, 15) is 9.59 Å². The minimum Gasteiger partial charge on any atom is -0.495 e. The van der Waals surface area contributed by atoms with Gasteiger partial charge in [0.2, 0.25) is 5.91 Å². The molecule has 1 amide bonds. The number of hydrogen-bond acceptors (Lipinski definition) is 5. The summed E-state index contributed by atoms with van der Waals surface area (Å²) < 4.78 is 12.4. The van der Waals surface area contributed by atoms with Crippen molar-refractivity contribution in [2.24, 2.45) is 17.8 Å². The smallest absolute Gasteiger partial charge is 0.308 e. The molecule has 2 aromatic carbocycles. The molecule has 8 heteroatoms. The summed E-state index contributed by atoms with van der Waals surface area (Å²) in [5, 5.41) is 5.25. The van der Waals surface area contributed by atoms with E-state index in [1.165, 1.54) is 25.5 Å². The Balaban J connectivity index is 1.19. The summed E-state index contributed by atoms with van der Waals surface area (Å²) >= 11 is 6.43. The van der Waals surface area contributed by atoms with Crippen molar-refractivity contribution in [3.63, 3.8) is 0 Å². The van der Waals surface area contributed by atoms with Crippen LogP contribution >= 0.6 is 11.6 Å². The molecule has 0 atom stereocenters. The van der Waals surface area contributed by atoms with Gasteiger partial charge in [-0.3, -0.25) is 14.3 Å². The lowest BCUT2D eigenvalue weighted by molar-refractivity contribution is -0.147. The minimum absolute atomic E-state index is 0.0834. The van der Waals surface area contributed by atoms with Gasteiger partial charge in [-0.2, -0.15) is 5.10 Å². The van der Waals surface area contributed by atoms with Gasteiger partial charge in [0.25, 0.3) is 0 Å². The number of anilines is 1. The minimum atomic E-state index is -0.155. The van der Waals surface area contributed by atoms with Crippen molar-refractivity contribution in [1.82, 2.24) is 9.78 Å². The van der Waals surface area contributed by atoms with E-state index in [-0.39, 0.29) is 23.7 Å². The van der Waals surface area contributed by atoms with Crippen molar-refractivity contribution in [2.45, 2.75) is 76.2 Å². The number of aromatic nitrogens is 2. The van der Waals surface area contributed by atoms with Crippen LogP contribution in [0.4, 0.5) is 5.69 Å². The van der Waals surface area contributed by atoms with Crippen LogP contribution in [-0.2, 0) is 14.3 Å². The summed E-state index contributed by atoms with van der Waals surface area (Å²) in [6.45, 7) is 0.705. The fraction of sp³-hybridized carbons (Fsp3) is 0.514. The predicted octanol–water partition coefficient (Wildman–Crippen LogP) is 7.83. The van der Waals surface area contributed by atoms with E-state index in [0.717, 1.165) is 42.5 Å². The molecular weight excluding hydrogens is 562 g/mol. The maximum atomic E-state index is 14.2. The lowest BCUT2D eigenvalue weighted by Gasteiger charge is -2.36. The first-order valence-electron chi connectivity index (χ1n) is 15.8. The highest BCUT2D eigenvalue weighted by molar-refractivity contribution is 6.32. The number of ether oxygens (including phenoxy) is 2. The zero-order valence-corrected chi connectivity index (χ0v) is 26.0. The van der Waals surface area contributed by atoms with Crippen LogP contribution < -0.4 is 9.64 Å². The lowest BCUT2D eigenvalue weighted by atomic mass is 9.78. The van der Waals surface area contributed by atoms with Crippen molar-refractivity contribution < 1.29 is 19.1 Å². The fourth-order valence-electron chi connectivity index (χ4n) is 7.04. The molecule has 3 saturated carbocycles. The average Bonchev–Trinajstić information content (AvgIpc) is 3.79. The third-order valence-corrected chi connectivity index (χ3v) is 10.1. The molecule has 0 saturated heterocycles. The first-order valence-corrected chi connectivity index (χ1v) is 16.2. The van der Waals surface area contributed by atoms with Crippen LogP contribution in [0.15, 0.2) is 54.9 Å². The Morgan fingerprint density at radius 1 is 0.907 bits per heavy atom. The van der Waals surface area contributed by atoms with Gasteiger partial charge >= 0.3 is 5.97 Å². The van der Waals surface area contributed by atoms with Gasteiger partial charge in [0, 0.05) is 29.9 Å². The van der Waals surface area contributed by atoms with E-state index in [1.54, 1.807) is 7.11 Å². The van der Waals surface area contributed by atoms with Crippen LogP contribution in [0, 0.1) is 17.8 Å².